The minimum absolute atomic E-state index is 0.0186. The number of ether oxygens (including phenoxy) is 2. The zero-order valence-electron chi connectivity index (χ0n) is 17.1. The number of rotatable bonds is 3. The van der Waals surface area contributed by atoms with Gasteiger partial charge in [0.15, 0.2) is 11.5 Å². The van der Waals surface area contributed by atoms with E-state index in [1.165, 1.54) is 17.3 Å². The Hall–Kier alpha value is -3.12. The van der Waals surface area contributed by atoms with Gasteiger partial charge in [0.05, 0.1) is 5.52 Å². The molecular weight excluding hydrogens is 393 g/mol. The molecule has 3 heterocycles. The third-order valence-electron chi connectivity index (χ3n) is 6.74. The number of H-pyrrole nitrogens is 1. The first-order valence-electron chi connectivity index (χ1n) is 10.9. The summed E-state index contributed by atoms with van der Waals surface area (Å²) in [6, 6.07) is 12.7. The SMILES string of the molecule is NC(C[C@H]1COc2ccc3ncccc3c2O1)[C@H]1CCc2[nH]c3ccc(F)cc3c2C1. The topological polar surface area (TPSA) is 73.2 Å². The molecule has 6 rings (SSSR count). The van der Waals surface area contributed by atoms with Crippen LogP contribution in [0.3, 0.4) is 0 Å². The second-order valence-electron chi connectivity index (χ2n) is 8.69. The number of nitrogens with one attached hydrogen (secondary N) is 1. The van der Waals surface area contributed by atoms with Gasteiger partial charge in [0, 0.05) is 40.6 Å². The molecule has 3 N–H and O–H groups in total. The highest BCUT2D eigenvalue weighted by molar-refractivity contribution is 5.88. The Morgan fingerprint density at radius 2 is 2.13 bits per heavy atom. The van der Waals surface area contributed by atoms with E-state index in [0.717, 1.165) is 52.6 Å². The summed E-state index contributed by atoms with van der Waals surface area (Å²) in [5, 5.41) is 1.94. The van der Waals surface area contributed by atoms with Crippen molar-refractivity contribution in [3.8, 4) is 11.5 Å². The Balaban J connectivity index is 1.20. The average molecular weight is 417 g/mol. The fraction of sp³-hybridized carbons (Fsp3) is 0.320. The van der Waals surface area contributed by atoms with E-state index in [0.29, 0.717) is 18.9 Å². The van der Waals surface area contributed by atoms with E-state index < -0.39 is 0 Å². The summed E-state index contributed by atoms with van der Waals surface area (Å²) in [7, 11) is 0. The summed E-state index contributed by atoms with van der Waals surface area (Å²) in [6.45, 7) is 0.489. The predicted octanol–water partition coefficient (Wildman–Crippen LogP) is 4.52. The molecule has 2 aliphatic rings. The lowest BCUT2D eigenvalue weighted by atomic mass is 9.80. The van der Waals surface area contributed by atoms with Crippen LogP contribution in [0.2, 0.25) is 0 Å². The van der Waals surface area contributed by atoms with Crippen LogP contribution in [0, 0.1) is 11.7 Å². The molecule has 3 atom stereocenters. The first kappa shape index (κ1) is 18.6. The molecule has 0 saturated carbocycles. The number of halogens is 1. The summed E-state index contributed by atoms with van der Waals surface area (Å²) in [5.41, 5.74) is 11.0. The summed E-state index contributed by atoms with van der Waals surface area (Å²) in [4.78, 5) is 7.86. The molecule has 4 aromatic rings. The number of fused-ring (bicyclic) bond motifs is 6. The van der Waals surface area contributed by atoms with Crippen molar-refractivity contribution in [2.75, 3.05) is 6.61 Å². The van der Waals surface area contributed by atoms with Crippen molar-refractivity contribution in [2.45, 2.75) is 37.8 Å². The van der Waals surface area contributed by atoms with Gasteiger partial charge in [-0.05, 0) is 73.2 Å². The molecule has 5 nitrogen and oxygen atoms in total. The van der Waals surface area contributed by atoms with Gasteiger partial charge in [0.25, 0.3) is 0 Å². The number of benzene rings is 2. The van der Waals surface area contributed by atoms with Crippen LogP contribution in [0.4, 0.5) is 4.39 Å². The molecule has 6 heteroatoms. The number of hydrogen-bond acceptors (Lipinski definition) is 4. The van der Waals surface area contributed by atoms with E-state index in [2.05, 4.69) is 9.97 Å². The van der Waals surface area contributed by atoms with Crippen molar-refractivity contribution in [3.63, 3.8) is 0 Å². The largest absolute Gasteiger partial charge is 0.486 e. The van der Waals surface area contributed by atoms with Crippen molar-refractivity contribution in [1.82, 2.24) is 9.97 Å². The van der Waals surface area contributed by atoms with E-state index in [-0.39, 0.29) is 18.0 Å². The molecule has 31 heavy (non-hydrogen) atoms. The number of hydrogen-bond donors (Lipinski definition) is 2. The summed E-state index contributed by atoms with van der Waals surface area (Å²) < 4.78 is 26.1. The lowest BCUT2D eigenvalue weighted by Gasteiger charge is -2.33. The van der Waals surface area contributed by atoms with E-state index in [9.17, 15) is 4.39 Å². The first-order chi connectivity index (χ1) is 15.2. The molecule has 1 unspecified atom stereocenters. The third-order valence-corrected chi connectivity index (χ3v) is 6.74. The molecule has 1 aliphatic heterocycles. The maximum atomic E-state index is 13.8. The maximum Gasteiger partial charge on any atom is 0.171 e. The van der Waals surface area contributed by atoms with Crippen LogP contribution in [0.5, 0.6) is 11.5 Å². The fourth-order valence-electron chi connectivity index (χ4n) is 5.12. The van der Waals surface area contributed by atoms with Gasteiger partial charge in [-0.3, -0.25) is 4.98 Å². The molecule has 0 fully saturated rings. The van der Waals surface area contributed by atoms with Crippen LogP contribution in [0.1, 0.15) is 24.1 Å². The average Bonchev–Trinajstić information content (AvgIpc) is 3.16. The predicted molar refractivity (Wildman–Crippen MR) is 118 cm³/mol. The van der Waals surface area contributed by atoms with E-state index in [1.807, 2.05) is 30.3 Å². The Kier molecular flexibility index (Phi) is 4.35. The number of aromatic nitrogens is 2. The van der Waals surface area contributed by atoms with Crippen molar-refractivity contribution in [2.24, 2.45) is 11.7 Å². The van der Waals surface area contributed by atoms with Gasteiger partial charge in [-0.25, -0.2) is 4.39 Å². The van der Waals surface area contributed by atoms with Crippen molar-refractivity contribution in [1.29, 1.82) is 0 Å². The number of aryl methyl sites for hydroxylation is 1. The van der Waals surface area contributed by atoms with Crippen LogP contribution < -0.4 is 15.2 Å². The van der Waals surface area contributed by atoms with Gasteiger partial charge in [-0.15, -0.1) is 0 Å². The Bertz CT molecular complexity index is 1280. The maximum absolute atomic E-state index is 13.8. The summed E-state index contributed by atoms with van der Waals surface area (Å²) in [6.07, 6.45) is 5.20. The molecule has 0 bridgehead atoms. The smallest absolute Gasteiger partial charge is 0.171 e. The normalized spacial score (nSPS) is 21.2. The monoisotopic (exact) mass is 417 g/mol. The Morgan fingerprint density at radius 1 is 1.19 bits per heavy atom. The van der Waals surface area contributed by atoms with Crippen molar-refractivity contribution < 1.29 is 13.9 Å². The minimum atomic E-state index is -0.200. The first-order valence-corrected chi connectivity index (χ1v) is 10.9. The molecular formula is C25H24FN3O2. The zero-order chi connectivity index (χ0) is 20.9. The molecule has 0 radical (unpaired) electrons. The van der Waals surface area contributed by atoms with Crippen molar-refractivity contribution in [3.05, 3.63) is 65.7 Å². The Labute approximate surface area is 179 Å². The highest BCUT2D eigenvalue weighted by Gasteiger charge is 2.31. The van der Waals surface area contributed by atoms with Gasteiger partial charge < -0.3 is 20.2 Å². The summed E-state index contributed by atoms with van der Waals surface area (Å²) >= 11 is 0. The second kappa shape index (κ2) is 7.24. The molecule has 0 amide bonds. The standard InChI is InChI=1S/C25H24FN3O2/c26-15-4-6-23-19(11-15)18-10-14(3-5-22(18)29-23)20(27)12-16-13-30-24-8-7-21-17(25(24)31-16)2-1-9-28-21/h1-2,4,6-9,11,14,16,20,29H,3,5,10,12-13,27H2/t14-,16-,20?/m0/s1. The molecule has 0 spiro atoms. The molecule has 158 valence electrons. The summed E-state index contributed by atoms with van der Waals surface area (Å²) in [5.74, 6) is 1.64. The quantitative estimate of drug-likeness (QED) is 0.514. The van der Waals surface area contributed by atoms with Crippen LogP contribution in [0.25, 0.3) is 21.8 Å². The number of nitrogens with two attached hydrogens (primary N) is 1. The molecule has 1 aliphatic carbocycles. The van der Waals surface area contributed by atoms with E-state index >= 15 is 0 Å². The van der Waals surface area contributed by atoms with Gasteiger partial charge in [-0.2, -0.15) is 0 Å². The number of nitrogens with zero attached hydrogens (tertiary/aromatic N) is 1. The van der Waals surface area contributed by atoms with Gasteiger partial charge >= 0.3 is 0 Å². The van der Waals surface area contributed by atoms with Gasteiger partial charge in [-0.1, -0.05) is 0 Å². The van der Waals surface area contributed by atoms with Crippen molar-refractivity contribution >= 4 is 21.8 Å². The van der Waals surface area contributed by atoms with Gasteiger partial charge in [0.1, 0.15) is 18.5 Å². The second-order valence-corrected chi connectivity index (χ2v) is 8.69. The van der Waals surface area contributed by atoms with E-state index in [4.69, 9.17) is 15.2 Å². The minimum Gasteiger partial charge on any atom is -0.486 e. The molecule has 2 aromatic heterocycles. The van der Waals surface area contributed by atoms with Crippen LogP contribution in [-0.2, 0) is 12.8 Å². The highest BCUT2D eigenvalue weighted by Crippen LogP contribution is 2.39. The third kappa shape index (κ3) is 3.22. The zero-order valence-corrected chi connectivity index (χ0v) is 17.1. The molecule has 2 aromatic carbocycles. The molecule has 0 saturated heterocycles. The van der Waals surface area contributed by atoms with Gasteiger partial charge in [0.2, 0.25) is 0 Å². The Morgan fingerprint density at radius 3 is 3.06 bits per heavy atom. The highest BCUT2D eigenvalue weighted by atomic mass is 19.1. The lowest BCUT2D eigenvalue weighted by Crippen LogP contribution is -2.41. The number of aromatic amines is 1. The van der Waals surface area contributed by atoms with Crippen LogP contribution in [0.15, 0.2) is 48.7 Å². The van der Waals surface area contributed by atoms with Crippen LogP contribution in [-0.4, -0.2) is 28.7 Å². The fourth-order valence-corrected chi connectivity index (χ4v) is 5.12. The van der Waals surface area contributed by atoms with E-state index in [1.54, 1.807) is 12.3 Å². The van der Waals surface area contributed by atoms with Crippen LogP contribution >= 0.6 is 0 Å². The lowest BCUT2D eigenvalue weighted by molar-refractivity contribution is 0.0756. The number of pyridine rings is 1.